The summed E-state index contributed by atoms with van der Waals surface area (Å²) in [4.78, 5) is 28.8. The molecule has 2 aromatic carbocycles. The van der Waals surface area contributed by atoms with Crippen molar-refractivity contribution in [3.63, 3.8) is 0 Å². The lowest BCUT2D eigenvalue weighted by atomic mass is 9.69. The number of aliphatic hydroxyl groups is 2. The van der Waals surface area contributed by atoms with E-state index in [1.807, 2.05) is 67.5 Å². The normalized spacial score (nSPS) is 15.8. The Balaban J connectivity index is 3.21. The van der Waals surface area contributed by atoms with E-state index < -0.39 is 68.6 Å². The maximum atomic E-state index is 12.7. The minimum absolute atomic E-state index is 0.408. The summed E-state index contributed by atoms with van der Waals surface area (Å²) < 4.78 is 40.7. The zero-order chi connectivity index (χ0) is 36.8. The topological polar surface area (TPSA) is 163 Å². The highest BCUT2D eigenvalue weighted by atomic mass is 31.3. The predicted molar refractivity (Wildman–Crippen MR) is 186 cm³/mol. The first-order chi connectivity index (χ1) is 20.9. The summed E-state index contributed by atoms with van der Waals surface area (Å²) in [6.07, 6.45) is -1.19. The van der Waals surface area contributed by atoms with E-state index >= 15 is 0 Å². The van der Waals surface area contributed by atoms with Crippen LogP contribution in [0.15, 0.2) is 24.3 Å². The molecule has 47 heavy (non-hydrogen) atoms. The molecule has 10 nitrogen and oxygen atoms in total. The van der Waals surface area contributed by atoms with Gasteiger partial charge >= 0.3 is 15.6 Å². The zero-order valence-electron chi connectivity index (χ0n) is 30.7. The van der Waals surface area contributed by atoms with Crippen LogP contribution in [0, 0.1) is 19.3 Å². The quantitative estimate of drug-likeness (QED) is 0.146. The van der Waals surface area contributed by atoms with Gasteiger partial charge in [-0.1, -0.05) is 118 Å². The Labute approximate surface area is 281 Å². The number of aryl methyl sites for hydroxylation is 2. The molecule has 0 aliphatic carbocycles. The standard InChI is InChI=1S/C35H58O10P2/c1-22-15-24(31(3,4)5)28(25(16-22)32(6,7)8)30(35(19-36,20-37)21-43-47(41,42)45-46(38,39)40)44-29-26(33(9,10)11)17-23(2)18-27(29)34(12,13)14/h15-18,30,36-37H,19-21H2,1-14H3,(H,41,42)(H2,38,39,40). The molecule has 0 bridgehead atoms. The molecule has 0 amide bonds. The van der Waals surface area contributed by atoms with Crippen LogP contribution in [-0.2, 0) is 39.6 Å². The third-order valence-electron chi connectivity index (χ3n) is 8.20. The molecule has 0 heterocycles. The van der Waals surface area contributed by atoms with Gasteiger partial charge in [-0.05, 0) is 46.6 Å². The second-order valence-electron chi connectivity index (χ2n) is 17.0. The van der Waals surface area contributed by atoms with Gasteiger partial charge in [-0.25, -0.2) is 9.13 Å². The summed E-state index contributed by atoms with van der Waals surface area (Å²) in [6, 6.07) is 8.19. The summed E-state index contributed by atoms with van der Waals surface area (Å²) in [6.45, 7) is 26.3. The Morgan fingerprint density at radius 2 is 0.979 bits per heavy atom. The van der Waals surface area contributed by atoms with Crippen LogP contribution >= 0.6 is 15.6 Å². The molecule has 268 valence electrons. The minimum atomic E-state index is -5.44. The number of hydrogen-bond donors (Lipinski definition) is 5. The molecular weight excluding hydrogens is 642 g/mol. The first-order valence-corrected chi connectivity index (χ1v) is 18.8. The molecule has 2 atom stereocenters. The minimum Gasteiger partial charge on any atom is -0.484 e. The largest absolute Gasteiger partial charge is 0.484 e. The van der Waals surface area contributed by atoms with Crippen LogP contribution in [0.1, 0.15) is 128 Å². The first-order valence-electron chi connectivity index (χ1n) is 15.8. The first kappa shape index (κ1) is 41.6. The highest BCUT2D eigenvalue weighted by Gasteiger charge is 2.48. The Hall–Kier alpha value is -1.58. The molecule has 0 saturated carbocycles. The van der Waals surface area contributed by atoms with Crippen LogP contribution in [0.25, 0.3) is 0 Å². The predicted octanol–water partition coefficient (Wildman–Crippen LogP) is 7.81. The third kappa shape index (κ3) is 10.5. The average Bonchev–Trinajstić information content (AvgIpc) is 2.85. The molecule has 0 spiro atoms. The molecule has 0 saturated heterocycles. The van der Waals surface area contributed by atoms with E-state index in [0.29, 0.717) is 11.3 Å². The number of phosphoric ester groups is 1. The number of rotatable bonds is 11. The third-order valence-corrected chi connectivity index (χ3v) is 10.3. The summed E-state index contributed by atoms with van der Waals surface area (Å²) in [7, 11) is -10.8. The fourth-order valence-corrected chi connectivity index (χ4v) is 7.38. The van der Waals surface area contributed by atoms with E-state index in [1.165, 1.54) is 0 Å². The Bertz CT molecular complexity index is 1440. The zero-order valence-corrected chi connectivity index (χ0v) is 32.5. The molecule has 12 heteroatoms. The van der Waals surface area contributed by atoms with Crippen LogP contribution in [0.5, 0.6) is 5.75 Å². The van der Waals surface area contributed by atoms with Crippen molar-refractivity contribution < 1.29 is 47.6 Å². The lowest BCUT2D eigenvalue weighted by Crippen LogP contribution is -2.45. The molecule has 0 fully saturated rings. The van der Waals surface area contributed by atoms with Crippen molar-refractivity contribution >= 4 is 15.6 Å². The van der Waals surface area contributed by atoms with Crippen molar-refractivity contribution in [3.05, 3.63) is 63.2 Å². The molecule has 0 aliphatic heterocycles. The van der Waals surface area contributed by atoms with Crippen LogP contribution in [0.3, 0.4) is 0 Å². The van der Waals surface area contributed by atoms with Gasteiger partial charge in [0.2, 0.25) is 0 Å². The SMILES string of the molecule is Cc1cc(C(C)(C)C)c(OC(c2c(C(C)(C)C)cc(C)cc2C(C)(C)C)C(CO)(CO)COP(=O)(O)OP(=O)(O)O)c(C(C)(C)C)c1. The van der Waals surface area contributed by atoms with Crippen molar-refractivity contribution in [2.75, 3.05) is 19.8 Å². The van der Waals surface area contributed by atoms with Gasteiger partial charge in [0.1, 0.15) is 11.9 Å². The number of hydrogen-bond acceptors (Lipinski definition) is 7. The smallest absolute Gasteiger partial charge is 0.481 e. The van der Waals surface area contributed by atoms with E-state index in [1.54, 1.807) is 0 Å². The molecule has 2 aromatic rings. The highest BCUT2D eigenvalue weighted by Crippen LogP contribution is 2.59. The van der Waals surface area contributed by atoms with Crippen molar-refractivity contribution in [2.45, 2.75) is 125 Å². The molecule has 2 unspecified atom stereocenters. The summed E-state index contributed by atoms with van der Waals surface area (Å²) in [5.74, 6) is 0.547. The second kappa shape index (κ2) is 14.0. The van der Waals surface area contributed by atoms with Gasteiger partial charge in [0, 0.05) is 16.7 Å². The van der Waals surface area contributed by atoms with E-state index in [0.717, 1.165) is 33.4 Å². The van der Waals surface area contributed by atoms with Crippen LogP contribution in [0.4, 0.5) is 0 Å². The molecule has 0 radical (unpaired) electrons. The molecule has 2 rings (SSSR count). The van der Waals surface area contributed by atoms with Gasteiger partial charge in [-0.15, -0.1) is 0 Å². The van der Waals surface area contributed by atoms with Gasteiger partial charge in [0.15, 0.2) is 0 Å². The van der Waals surface area contributed by atoms with Gasteiger partial charge in [-0.2, -0.15) is 4.31 Å². The molecule has 0 aromatic heterocycles. The van der Waals surface area contributed by atoms with Gasteiger partial charge in [0.05, 0.1) is 25.2 Å². The lowest BCUT2D eigenvalue weighted by Gasteiger charge is -2.44. The van der Waals surface area contributed by atoms with E-state index in [-0.39, 0.29) is 0 Å². The van der Waals surface area contributed by atoms with Crippen LogP contribution < -0.4 is 4.74 Å². The van der Waals surface area contributed by atoms with Crippen LogP contribution in [0.2, 0.25) is 0 Å². The lowest BCUT2D eigenvalue weighted by molar-refractivity contribution is -0.0741. The fourth-order valence-electron chi connectivity index (χ4n) is 5.69. The number of aliphatic hydroxyl groups excluding tert-OH is 2. The van der Waals surface area contributed by atoms with Crippen molar-refractivity contribution in [3.8, 4) is 5.75 Å². The number of benzene rings is 2. The van der Waals surface area contributed by atoms with Crippen molar-refractivity contribution in [2.24, 2.45) is 5.41 Å². The van der Waals surface area contributed by atoms with Gasteiger partial charge in [-0.3, -0.25) is 4.52 Å². The maximum Gasteiger partial charge on any atom is 0.481 e. The number of phosphoric acid groups is 2. The Morgan fingerprint density at radius 1 is 0.638 bits per heavy atom. The monoisotopic (exact) mass is 700 g/mol. The molecule has 0 aliphatic rings. The van der Waals surface area contributed by atoms with Crippen molar-refractivity contribution in [1.82, 2.24) is 0 Å². The van der Waals surface area contributed by atoms with Gasteiger partial charge in [0.25, 0.3) is 0 Å². The summed E-state index contributed by atoms with van der Waals surface area (Å²) in [5.41, 5.74) is 2.64. The van der Waals surface area contributed by atoms with E-state index in [2.05, 4.69) is 58.0 Å². The average molecular weight is 701 g/mol. The summed E-state index contributed by atoms with van der Waals surface area (Å²) in [5, 5.41) is 22.3. The van der Waals surface area contributed by atoms with E-state index in [9.17, 15) is 34.0 Å². The maximum absolute atomic E-state index is 12.7. The second-order valence-corrected chi connectivity index (χ2v) is 19.8. The fraction of sp³-hybridized carbons (Fsp3) is 0.657. The molecular formula is C35H58O10P2. The van der Waals surface area contributed by atoms with Crippen molar-refractivity contribution in [1.29, 1.82) is 0 Å². The highest BCUT2D eigenvalue weighted by molar-refractivity contribution is 7.60. The van der Waals surface area contributed by atoms with Crippen LogP contribution in [-0.4, -0.2) is 44.7 Å². The van der Waals surface area contributed by atoms with E-state index in [4.69, 9.17) is 9.26 Å². The Kier molecular flexibility index (Phi) is 12.4. The summed E-state index contributed by atoms with van der Waals surface area (Å²) >= 11 is 0. The van der Waals surface area contributed by atoms with Gasteiger partial charge < -0.3 is 29.6 Å². The molecule has 5 N–H and O–H groups in total. The number of ether oxygens (including phenoxy) is 1. The Morgan fingerprint density at radius 3 is 1.28 bits per heavy atom.